The lowest BCUT2D eigenvalue weighted by atomic mass is 9.62. The Bertz CT molecular complexity index is 664. The fourth-order valence-corrected chi connectivity index (χ4v) is 5.81. The molecule has 28 heavy (non-hydrogen) atoms. The molecular formula is C22H33ClN2O3. The highest BCUT2D eigenvalue weighted by Gasteiger charge is 2.53. The highest BCUT2D eigenvalue weighted by atomic mass is 35.5. The third kappa shape index (κ3) is 3.95. The number of hydrogen-bond donors (Lipinski definition) is 1. The maximum absolute atomic E-state index is 11.7. The fraction of sp³-hybridized carbons (Fsp3) is 0.682. The minimum Gasteiger partial charge on any atom is -0.381 e. The Morgan fingerprint density at radius 1 is 1.21 bits per heavy atom. The summed E-state index contributed by atoms with van der Waals surface area (Å²) in [5, 5.41) is 0. The van der Waals surface area contributed by atoms with Gasteiger partial charge in [0, 0.05) is 57.4 Å². The second kappa shape index (κ2) is 9.12. The van der Waals surface area contributed by atoms with Crippen molar-refractivity contribution in [1.29, 1.82) is 0 Å². The molecule has 3 fully saturated rings. The summed E-state index contributed by atoms with van der Waals surface area (Å²) in [7, 11) is 1.84. The van der Waals surface area contributed by atoms with Crippen LogP contribution in [-0.4, -0.2) is 50.8 Å². The Balaban J connectivity index is 0.00000225. The van der Waals surface area contributed by atoms with Crippen molar-refractivity contribution in [1.82, 2.24) is 4.90 Å². The molecule has 1 aliphatic carbocycles. The van der Waals surface area contributed by atoms with Crippen LogP contribution in [0.15, 0.2) is 24.3 Å². The van der Waals surface area contributed by atoms with Gasteiger partial charge in [-0.3, -0.25) is 4.79 Å². The van der Waals surface area contributed by atoms with E-state index in [1.807, 2.05) is 19.2 Å². The number of carbonyl (C=O) groups excluding carboxylic acids is 1. The Morgan fingerprint density at radius 2 is 1.89 bits per heavy atom. The third-order valence-electron chi connectivity index (χ3n) is 7.07. The zero-order valence-electron chi connectivity index (χ0n) is 16.8. The number of ether oxygens (including phenoxy) is 2. The second-order valence-corrected chi connectivity index (χ2v) is 8.54. The molecule has 2 N–H and O–H groups in total. The summed E-state index contributed by atoms with van der Waals surface area (Å²) in [5.41, 5.74) is 6.95. The summed E-state index contributed by atoms with van der Waals surface area (Å²) in [6.45, 7) is 5.14. The van der Waals surface area contributed by atoms with E-state index in [2.05, 4.69) is 11.0 Å². The number of fused-ring (bicyclic) bond motifs is 2. The van der Waals surface area contributed by atoms with Crippen LogP contribution in [-0.2, 0) is 15.1 Å². The number of halogens is 1. The number of primary amides is 1. The number of nitrogens with two attached hydrogens (primary N) is 1. The summed E-state index contributed by atoms with van der Waals surface area (Å²) in [6, 6.07) is 7.83. The molecule has 0 aromatic heterocycles. The molecule has 0 unspecified atom stereocenters. The molecule has 3 atom stereocenters. The molecule has 5 nitrogen and oxygen atoms in total. The van der Waals surface area contributed by atoms with Crippen molar-refractivity contribution in [2.24, 2.45) is 23.5 Å². The number of nitrogens with zero attached hydrogens (tertiary/aromatic N) is 1. The maximum atomic E-state index is 11.7. The summed E-state index contributed by atoms with van der Waals surface area (Å²) >= 11 is 0. The van der Waals surface area contributed by atoms with Gasteiger partial charge >= 0.3 is 0 Å². The van der Waals surface area contributed by atoms with Gasteiger partial charge < -0.3 is 20.1 Å². The highest BCUT2D eigenvalue weighted by molar-refractivity contribution is 5.92. The minimum absolute atomic E-state index is 0. The first-order valence-corrected chi connectivity index (χ1v) is 10.4. The molecule has 2 heterocycles. The van der Waals surface area contributed by atoms with E-state index in [1.54, 1.807) is 6.07 Å². The van der Waals surface area contributed by atoms with Crippen LogP contribution in [0, 0.1) is 17.8 Å². The standard InChI is InChI=1S/C22H32N2O3.ClH/c1-26-22(18-5-2-4-17(12-18)21(23)25)19-6-3-7-20(22)15-24(14-19)13-16-8-10-27-11-9-16;/h2,4-5,12,16,19-20H,3,6-11,13-15H2,1H3,(H2,23,25);1H/t19-,20+,22+;. The van der Waals surface area contributed by atoms with E-state index in [1.165, 1.54) is 38.6 Å². The zero-order chi connectivity index (χ0) is 18.9. The normalized spacial score (nSPS) is 31.2. The van der Waals surface area contributed by atoms with Crippen LogP contribution in [0.4, 0.5) is 0 Å². The molecule has 6 heteroatoms. The lowest BCUT2D eigenvalue weighted by Gasteiger charge is -2.56. The molecule has 1 amide bonds. The van der Waals surface area contributed by atoms with Crippen molar-refractivity contribution in [3.05, 3.63) is 35.4 Å². The second-order valence-electron chi connectivity index (χ2n) is 8.54. The topological polar surface area (TPSA) is 64.8 Å². The number of carbonyl (C=O) groups is 1. The van der Waals surface area contributed by atoms with Gasteiger partial charge in [0.2, 0.25) is 5.91 Å². The van der Waals surface area contributed by atoms with Crippen molar-refractivity contribution in [3.8, 4) is 0 Å². The van der Waals surface area contributed by atoms with Crippen molar-refractivity contribution in [3.63, 3.8) is 0 Å². The lowest BCUT2D eigenvalue weighted by molar-refractivity contribution is -0.171. The average molecular weight is 409 g/mol. The van der Waals surface area contributed by atoms with E-state index in [0.29, 0.717) is 17.4 Å². The SMILES string of the molecule is CO[C@@]1(c2cccc(C(N)=O)c2)[C@@H]2CCC[C@H]1CN(CC1CCOCC1)C2.Cl. The van der Waals surface area contributed by atoms with Gasteiger partial charge in [0.1, 0.15) is 5.60 Å². The first-order chi connectivity index (χ1) is 13.1. The number of likely N-dealkylation sites (tertiary alicyclic amines) is 1. The molecule has 2 bridgehead atoms. The molecule has 0 radical (unpaired) electrons. The van der Waals surface area contributed by atoms with Crippen LogP contribution >= 0.6 is 12.4 Å². The number of rotatable bonds is 5. The van der Waals surface area contributed by atoms with Crippen LogP contribution in [0.1, 0.15) is 48.0 Å². The van der Waals surface area contributed by atoms with Crippen molar-refractivity contribution in [2.45, 2.75) is 37.7 Å². The fourth-order valence-electron chi connectivity index (χ4n) is 5.81. The zero-order valence-corrected chi connectivity index (χ0v) is 17.6. The van der Waals surface area contributed by atoms with Crippen molar-refractivity contribution >= 4 is 18.3 Å². The van der Waals surface area contributed by atoms with Gasteiger partial charge in [0.15, 0.2) is 0 Å². The van der Waals surface area contributed by atoms with Gasteiger partial charge in [0.25, 0.3) is 0 Å². The van der Waals surface area contributed by atoms with Crippen LogP contribution in [0.3, 0.4) is 0 Å². The predicted molar refractivity (Wildman–Crippen MR) is 112 cm³/mol. The minimum atomic E-state index is -0.370. The number of hydrogen-bond acceptors (Lipinski definition) is 4. The predicted octanol–water partition coefficient (Wildman–Crippen LogP) is 3.21. The van der Waals surface area contributed by atoms with Crippen molar-refractivity contribution < 1.29 is 14.3 Å². The molecule has 1 aromatic carbocycles. The maximum Gasteiger partial charge on any atom is 0.248 e. The van der Waals surface area contributed by atoms with Crippen LogP contribution in [0.2, 0.25) is 0 Å². The Kier molecular flexibility index (Phi) is 7.02. The summed E-state index contributed by atoms with van der Waals surface area (Å²) < 4.78 is 11.8. The molecule has 4 rings (SSSR count). The van der Waals surface area contributed by atoms with E-state index in [0.717, 1.165) is 37.8 Å². The third-order valence-corrected chi connectivity index (χ3v) is 7.07. The van der Waals surface area contributed by atoms with Crippen molar-refractivity contribution in [2.75, 3.05) is 40.0 Å². The quantitative estimate of drug-likeness (QED) is 0.812. The number of methoxy groups -OCH3 is 1. The van der Waals surface area contributed by atoms with Gasteiger partial charge in [-0.25, -0.2) is 0 Å². The van der Waals surface area contributed by atoms with Crippen LogP contribution in [0.5, 0.6) is 0 Å². The van der Waals surface area contributed by atoms with E-state index in [9.17, 15) is 4.79 Å². The van der Waals surface area contributed by atoms with Gasteiger partial charge in [-0.1, -0.05) is 18.6 Å². The molecule has 1 saturated carbocycles. The monoisotopic (exact) mass is 408 g/mol. The summed E-state index contributed by atoms with van der Waals surface area (Å²) in [6.07, 6.45) is 5.98. The van der Waals surface area contributed by atoms with Gasteiger partial charge in [0.05, 0.1) is 0 Å². The highest BCUT2D eigenvalue weighted by Crippen LogP contribution is 2.51. The first kappa shape index (κ1) is 21.6. The Hall–Kier alpha value is -1.14. The average Bonchev–Trinajstić information content (AvgIpc) is 2.68. The summed E-state index contributed by atoms with van der Waals surface area (Å²) in [5.74, 6) is 1.30. The largest absolute Gasteiger partial charge is 0.381 e. The molecule has 2 aliphatic heterocycles. The van der Waals surface area contributed by atoms with E-state index in [-0.39, 0.29) is 23.9 Å². The van der Waals surface area contributed by atoms with E-state index >= 15 is 0 Å². The van der Waals surface area contributed by atoms with E-state index in [4.69, 9.17) is 15.2 Å². The number of piperidine rings is 1. The molecule has 3 aliphatic rings. The van der Waals surface area contributed by atoms with Crippen LogP contribution in [0.25, 0.3) is 0 Å². The molecule has 156 valence electrons. The molecule has 2 saturated heterocycles. The molecule has 0 spiro atoms. The van der Waals surface area contributed by atoms with Gasteiger partial charge in [-0.05, 0) is 49.3 Å². The molecule has 1 aromatic rings. The smallest absolute Gasteiger partial charge is 0.248 e. The van der Waals surface area contributed by atoms with Crippen LogP contribution < -0.4 is 5.73 Å². The molecular weight excluding hydrogens is 376 g/mol. The lowest BCUT2D eigenvalue weighted by Crippen LogP contribution is -2.59. The van der Waals surface area contributed by atoms with Gasteiger partial charge in [-0.15, -0.1) is 12.4 Å². The Morgan fingerprint density at radius 3 is 2.50 bits per heavy atom. The summed E-state index contributed by atoms with van der Waals surface area (Å²) in [4.78, 5) is 14.4. The first-order valence-electron chi connectivity index (χ1n) is 10.4. The number of benzene rings is 1. The Labute approximate surface area is 174 Å². The van der Waals surface area contributed by atoms with E-state index < -0.39 is 0 Å². The number of amides is 1. The van der Waals surface area contributed by atoms with Gasteiger partial charge in [-0.2, -0.15) is 0 Å².